The highest BCUT2D eigenvalue weighted by Gasteiger charge is 2.24. The van der Waals surface area contributed by atoms with E-state index in [2.05, 4.69) is 41.1 Å². The summed E-state index contributed by atoms with van der Waals surface area (Å²) in [5.41, 5.74) is 14.4. The Morgan fingerprint density at radius 1 is 1.17 bits per heavy atom. The van der Waals surface area contributed by atoms with Gasteiger partial charge in [-0.3, -0.25) is 9.59 Å². The molecule has 4 rings (SSSR count). The van der Waals surface area contributed by atoms with Crippen LogP contribution in [0.4, 0.5) is 11.5 Å². The number of nitrogens with two attached hydrogens (primary N) is 2. The zero-order chi connectivity index (χ0) is 24.9. The monoisotopic (exact) mass is 478 g/mol. The van der Waals surface area contributed by atoms with Gasteiger partial charge in [0, 0.05) is 17.3 Å². The molecule has 4 aromatic rings. The van der Waals surface area contributed by atoms with Crippen LogP contribution in [-0.2, 0) is 6.54 Å². The molecule has 0 atom stereocenters. The van der Waals surface area contributed by atoms with Crippen molar-refractivity contribution < 1.29 is 24.4 Å². The number of anilines is 2. The Bertz CT molecular complexity index is 1430. The van der Waals surface area contributed by atoms with Gasteiger partial charge in [-0.15, -0.1) is 5.10 Å². The highest BCUT2D eigenvalue weighted by atomic mass is 16.6. The van der Waals surface area contributed by atoms with Gasteiger partial charge in [-0.25, -0.2) is 10.1 Å². The predicted octanol–water partition coefficient (Wildman–Crippen LogP) is 0.119. The predicted molar refractivity (Wildman–Crippen MR) is 121 cm³/mol. The number of carbonyl (C=O) groups excluding carboxylic acids is 2. The maximum atomic E-state index is 12.8. The topological polar surface area (TPSA) is 233 Å². The van der Waals surface area contributed by atoms with Crippen molar-refractivity contribution in [2.75, 3.05) is 11.1 Å². The molecule has 0 unspecified atom stereocenters. The van der Waals surface area contributed by atoms with Crippen LogP contribution in [0.2, 0.25) is 0 Å². The summed E-state index contributed by atoms with van der Waals surface area (Å²) < 4.78 is 5.76. The first-order valence-corrected chi connectivity index (χ1v) is 9.86. The number of hydrogen-bond donors (Lipinski definition) is 6. The molecule has 0 saturated heterocycles. The van der Waals surface area contributed by atoms with E-state index in [4.69, 9.17) is 11.5 Å². The lowest BCUT2D eigenvalue weighted by molar-refractivity contribution is 0.0947. The zero-order valence-electron chi connectivity index (χ0n) is 17.8. The molecule has 0 fully saturated rings. The van der Waals surface area contributed by atoms with Gasteiger partial charge in [0.2, 0.25) is 11.6 Å². The van der Waals surface area contributed by atoms with Crippen LogP contribution in [0.5, 0.6) is 11.5 Å². The Morgan fingerprint density at radius 3 is 2.69 bits per heavy atom. The summed E-state index contributed by atoms with van der Waals surface area (Å²) in [6.45, 7) is -0.0607. The fourth-order valence-electron chi connectivity index (χ4n) is 3.03. The van der Waals surface area contributed by atoms with Crippen molar-refractivity contribution in [2.45, 2.75) is 6.54 Å². The summed E-state index contributed by atoms with van der Waals surface area (Å²) in [6, 6.07) is 10.4. The Hall–Kier alpha value is -5.47. The third kappa shape index (κ3) is 4.82. The number of hydrazone groups is 1. The third-order valence-electron chi connectivity index (χ3n) is 4.70. The SMILES string of the molecule is NC(=O)c1ccccc1NCc1c(C(=O)N/N=C/c2ccc(O)cc2O)nnn1-c1nonc1N. The zero-order valence-corrected chi connectivity index (χ0v) is 17.8. The molecule has 0 aliphatic carbocycles. The molecule has 35 heavy (non-hydrogen) atoms. The van der Waals surface area contributed by atoms with Crippen LogP contribution in [0.3, 0.4) is 0 Å². The van der Waals surface area contributed by atoms with Gasteiger partial charge in [-0.1, -0.05) is 17.3 Å². The summed E-state index contributed by atoms with van der Waals surface area (Å²) >= 11 is 0. The average molecular weight is 478 g/mol. The number of nitrogens with zero attached hydrogens (tertiary/aromatic N) is 6. The lowest BCUT2D eigenvalue weighted by atomic mass is 10.1. The van der Waals surface area contributed by atoms with Crippen LogP contribution >= 0.6 is 0 Å². The molecule has 0 aliphatic rings. The number of phenolic OH excluding ortho intramolecular Hbond substituents is 2. The largest absolute Gasteiger partial charge is 0.508 e. The number of aromatic nitrogens is 5. The molecule has 8 N–H and O–H groups in total. The molecule has 0 saturated carbocycles. The first-order chi connectivity index (χ1) is 16.8. The van der Waals surface area contributed by atoms with Crippen molar-refractivity contribution in [3.05, 3.63) is 65.0 Å². The first-order valence-electron chi connectivity index (χ1n) is 9.86. The normalized spacial score (nSPS) is 11.0. The van der Waals surface area contributed by atoms with Gasteiger partial charge in [0.15, 0.2) is 5.69 Å². The van der Waals surface area contributed by atoms with E-state index < -0.39 is 11.8 Å². The third-order valence-corrected chi connectivity index (χ3v) is 4.70. The molecule has 15 heteroatoms. The molecule has 0 radical (unpaired) electrons. The minimum Gasteiger partial charge on any atom is -0.508 e. The van der Waals surface area contributed by atoms with Gasteiger partial charge in [-0.2, -0.15) is 9.78 Å². The van der Waals surface area contributed by atoms with E-state index in [1.165, 1.54) is 18.3 Å². The van der Waals surface area contributed by atoms with Gasteiger partial charge in [0.1, 0.15) is 11.5 Å². The molecule has 2 heterocycles. The Balaban J connectivity index is 1.61. The van der Waals surface area contributed by atoms with Crippen molar-refractivity contribution in [3.63, 3.8) is 0 Å². The Morgan fingerprint density at radius 2 is 1.97 bits per heavy atom. The van der Waals surface area contributed by atoms with Crippen molar-refractivity contribution in [3.8, 4) is 17.3 Å². The summed E-state index contributed by atoms with van der Waals surface area (Å²) in [7, 11) is 0. The fourth-order valence-corrected chi connectivity index (χ4v) is 3.03. The van der Waals surface area contributed by atoms with E-state index in [-0.39, 0.29) is 52.2 Å². The number of para-hydroxylation sites is 1. The minimum absolute atomic E-state index is 0.00551. The summed E-state index contributed by atoms with van der Waals surface area (Å²) in [5.74, 6) is -1.86. The van der Waals surface area contributed by atoms with Crippen LogP contribution in [-0.4, -0.2) is 53.5 Å². The van der Waals surface area contributed by atoms with Crippen molar-refractivity contribution in [2.24, 2.45) is 10.8 Å². The number of amides is 2. The van der Waals surface area contributed by atoms with E-state index in [0.29, 0.717) is 5.69 Å². The standard InChI is InChI=1S/C20H18N10O5/c21-17-19(28-35-27-17)30-14(9-23-13-4-2-1-3-12(13)18(22)33)16(25-29-30)20(34)26-24-8-10-5-6-11(31)7-15(10)32/h1-8,23,31-32H,9H2,(H2,21,27)(H2,22,33)(H,26,34)/b24-8+. The molecule has 2 aromatic heterocycles. The molecular weight excluding hydrogens is 460 g/mol. The molecule has 2 aromatic carbocycles. The lowest BCUT2D eigenvalue weighted by Crippen LogP contribution is -2.22. The second-order valence-electron chi connectivity index (χ2n) is 6.98. The minimum atomic E-state index is -0.749. The maximum absolute atomic E-state index is 12.8. The number of carbonyl (C=O) groups is 2. The fraction of sp³-hybridized carbons (Fsp3) is 0.0500. The second-order valence-corrected chi connectivity index (χ2v) is 6.98. The molecule has 15 nitrogen and oxygen atoms in total. The number of primary amides is 1. The van der Waals surface area contributed by atoms with Gasteiger partial charge < -0.3 is 27.0 Å². The van der Waals surface area contributed by atoms with Gasteiger partial charge in [-0.05, 0) is 34.6 Å². The lowest BCUT2D eigenvalue weighted by Gasteiger charge is -2.11. The smallest absolute Gasteiger partial charge is 0.293 e. The van der Waals surface area contributed by atoms with Gasteiger partial charge in [0.25, 0.3) is 11.8 Å². The van der Waals surface area contributed by atoms with Gasteiger partial charge >= 0.3 is 0 Å². The number of nitrogens with one attached hydrogen (secondary N) is 2. The van der Waals surface area contributed by atoms with Crippen molar-refractivity contribution in [1.29, 1.82) is 0 Å². The number of rotatable bonds is 8. The molecule has 178 valence electrons. The second kappa shape index (κ2) is 9.57. The highest BCUT2D eigenvalue weighted by Crippen LogP contribution is 2.21. The molecule has 2 amide bonds. The van der Waals surface area contributed by atoms with Crippen LogP contribution < -0.4 is 22.2 Å². The Kier molecular flexibility index (Phi) is 6.21. The van der Waals surface area contributed by atoms with E-state index >= 15 is 0 Å². The molecule has 0 bridgehead atoms. The number of aromatic hydroxyl groups is 2. The van der Waals surface area contributed by atoms with E-state index in [9.17, 15) is 19.8 Å². The number of nitrogen functional groups attached to an aromatic ring is 1. The molecular formula is C20H18N10O5. The number of benzene rings is 2. The maximum Gasteiger partial charge on any atom is 0.293 e. The summed E-state index contributed by atoms with van der Waals surface area (Å²) in [4.78, 5) is 24.5. The van der Waals surface area contributed by atoms with Crippen LogP contribution in [0, 0.1) is 0 Å². The number of phenols is 2. The van der Waals surface area contributed by atoms with Crippen molar-refractivity contribution in [1.82, 2.24) is 30.7 Å². The van der Waals surface area contributed by atoms with Crippen molar-refractivity contribution >= 4 is 29.5 Å². The van der Waals surface area contributed by atoms with E-state index in [0.717, 1.165) is 10.7 Å². The first kappa shape index (κ1) is 22.7. The Labute approximate surface area is 196 Å². The average Bonchev–Trinajstić information content (AvgIpc) is 3.44. The van der Waals surface area contributed by atoms with E-state index in [1.54, 1.807) is 24.3 Å². The van der Waals surface area contributed by atoms with Crippen LogP contribution in [0.25, 0.3) is 5.82 Å². The molecule has 0 aliphatic heterocycles. The summed E-state index contributed by atoms with van der Waals surface area (Å²) in [6.07, 6.45) is 1.18. The van der Waals surface area contributed by atoms with Crippen LogP contribution in [0.1, 0.15) is 32.1 Å². The molecule has 0 spiro atoms. The van der Waals surface area contributed by atoms with Gasteiger partial charge in [0.05, 0.1) is 24.0 Å². The van der Waals surface area contributed by atoms with Crippen LogP contribution in [0.15, 0.2) is 52.2 Å². The summed E-state index contributed by atoms with van der Waals surface area (Å²) in [5, 5.41) is 41.0. The van der Waals surface area contributed by atoms with E-state index in [1.807, 2.05) is 0 Å². The highest BCUT2D eigenvalue weighted by molar-refractivity contribution is 5.98. The number of hydrogen-bond acceptors (Lipinski definition) is 12. The quantitative estimate of drug-likeness (QED) is 0.147.